The normalized spacial score (nSPS) is 36.2. The van der Waals surface area contributed by atoms with Crippen LogP contribution in [0.5, 0.6) is 0 Å². The van der Waals surface area contributed by atoms with Crippen molar-refractivity contribution in [2.45, 2.75) is 45.3 Å². The van der Waals surface area contributed by atoms with Crippen molar-refractivity contribution in [2.24, 2.45) is 11.8 Å². The first-order chi connectivity index (χ1) is 6.05. The lowest BCUT2D eigenvalue weighted by Gasteiger charge is -2.34. The molecule has 2 heterocycles. The van der Waals surface area contributed by atoms with Crippen LogP contribution in [-0.4, -0.2) is 25.9 Å². The van der Waals surface area contributed by atoms with Gasteiger partial charge in [-0.2, -0.15) is 0 Å². The van der Waals surface area contributed by atoms with Crippen LogP contribution in [0.3, 0.4) is 0 Å². The van der Waals surface area contributed by atoms with Crippen molar-refractivity contribution in [1.82, 2.24) is 4.57 Å². The molecule has 2 aliphatic heterocycles. The molecule has 1 nitrogen and oxygen atoms in total. The van der Waals surface area contributed by atoms with Gasteiger partial charge in [0.15, 0.2) is 0 Å². The van der Waals surface area contributed by atoms with Crippen molar-refractivity contribution >= 4 is 8.24 Å². The molecule has 2 saturated heterocycles. The van der Waals surface area contributed by atoms with E-state index in [1.807, 2.05) is 0 Å². The second-order valence-corrected chi connectivity index (χ2v) is 10.9. The first kappa shape index (κ1) is 9.72. The molecule has 2 heteroatoms. The summed E-state index contributed by atoms with van der Waals surface area (Å²) >= 11 is 0. The minimum absolute atomic E-state index is 0.999. The number of hydrogen-bond donors (Lipinski definition) is 0. The topological polar surface area (TPSA) is 3.24 Å². The van der Waals surface area contributed by atoms with Crippen molar-refractivity contribution in [2.75, 3.05) is 13.1 Å². The predicted octanol–water partition coefficient (Wildman–Crippen LogP) is 2.94. The van der Waals surface area contributed by atoms with Crippen LogP contribution in [0.2, 0.25) is 19.6 Å². The second-order valence-electron chi connectivity index (χ2n) is 5.96. The number of rotatable bonds is 1. The molecule has 0 amide bonds. The van der Waals surface area contributed by atoms with Crippen molar-refractivity contribution < 1.29 is 0 Å². The van der Waals surface area contributed by atoms with Crippen molar-refractivity contribution in [3.63, 3.8) is 0 Å². The van der Waals surface area contributed by atoms with Crippen LogP contribution in [0.25, 0.3) is 0 Å². The summed E-state index contributed by atoms with van der Waals surface area (Å²) in [6.45, 7) is 10.3. The van der Waals surface area contributed by atoms with Gasteiger partial charge < -0.3 is 4.57 Å². The molecule has 0 aromatic rings. The third-order valence-corrected chi connectivity index (χ3v) is 6.13. The number of fused-ring (bicyclic) bond motifs is 4. The highest BCUT2D eigenvalue weighted by molar-refractivity contribution is 6.73. The van der Waals surface area contributed by atoms with Crippen LogP contribution in [-0.2, 0) is 0 Å². The number of hydrogen-bond acceptors (Lipinski definition) is 1. The lowest BCUT2D eigenvalue weighted by Crippen LogP contribution is -2.48. The highest BCUT2D eigenvalue weighted by atomic mass is 28.3. The molecule has 0 aromatic carbocycles. The average molecular weight is 197 g/mol. The fourth-order valence-electron chi connectivity index (χ4n) is 2.84. The van der Waals surface area contributed by atoms with E-state index < -0.39 is 8.24 Å². The summed E-state index contributed by atoms with van der Waals surface area (Å²) < 4.78 is 2.85. The molecule has 0 N–H and O–H groups in total. The van der Waals surface area contributed by atoms with Gasteiger partial charge in [-0.1, -0.05) is 19.6 Å². The van der Waals surface area contributed by atoms with Gasteiger partial charge in [0.2, 0.25) is 0 Å². The smallest absolute Gasteiger partial charge is 0.119 e. The molecule has 0 atom stereocenters. The van der Waals surface area contributed by atoms with Gasteiger partial charge in [-0.05, 0) is 50.6 Å². The summed E-state index contributed by atoms with van der Waals surface area (Å²) in [5.41, 5.74) is 0. The Kier molecular flexibility index (Phi) is 2.54. The van der Waals surface area contributed by atoms with Gasteiger partial charge in [-0.15, -0.1) is 0 Å². The SMILES string of the molecule is C[Si](C)(C)N1CC2CCC(CC2)C1. The molecule has 0 aromatic heterocycles. The zero-order chi connectivity index (χ0) is 9.47. The molecule has 3 fully saturated rings. The van der Waals surface area contributed by atoms with E-state index in [2.05, 4.69) is 24.2 Å². The van der Waals surface area contributed by atoms with E-state index in [1.165, 1.54) is 38.8 Å². The first-order valence-corrected chi connectivity index (χ1v) is 9.25. The van der Waals surface area contributed by atoms with Crippen molar-refractivity contribution in [3.05, 3.63) is 0 Å². The maximum absolute atomic E-state index is 2.85. The van der Waals surface area contributed by atoms with Crippen LogP contribution in [0.1, 0.15) is 25.7 Å². The first-order valence-electron chi connectivity index (χ1n) is 5.81. The third kappa shape index (κ3) is 2.16. The van der Waals surface area contributed by atoms with Crippen LogP contribution in [0.4, 0.5) is 0 Å². The summed E-state index contributed by atoms with van der Waals surface area (Å²) in [5.74, 6) is 2.09. The van der Waals surface area contributed by atoms with Gasteiger partial charge >= 0.3 is 0 Å². The molecular formula is C11H23NSi. The quantitative estimate of drug-likeness (QED) is 0.584. The Morgan fingerprint density at radius 2 is 1.23 bits per heavy atom. The minimum Gasteiger partial charge on any atom is -0.323 e. The van der Waals surface area contributed by atoms with Gasteiger partial charge in [0.1, 0.15) is 8.24 Å². The third-order valence-electron chi connectivity index (χ3n) is 3.87. The molecule has 3 rings (SSSR count). The summed E-state index contributed by atoms with van der Waals surface area (Å²) in [6, 6.07) is 0. The van der Waals surface area contributed by atoms with Crippen LogP contribution < -0.4 is 0 Å². The molecule has 2 bridgehead atoms. The maximum atomic E-state index is 2.85. The lowest BCUT2D eigenvalue weighted by atomic mass is 9.84. The Bertz CT molecular complexity index is 163. The summed E-state index contributed by atoms with van der Waals surface area (Å²) in [5, 5.41) is 0. The Balaban J connectivity index is 2.07. The molecule has 0 spiro atoms. The molecule has 1 saturated carbocycles. The van der Waals surface area contributed by atoms with Crippen molar-refractivity contribution in [3.8, 4) is 0 Å². The molecule has 0 unspecified atom stereocenters. The van der Waals surface area contributed by atoms with Gasteiger partial charge in [-0.3, -0.25) is 0 Å². The van der Waals surface area contributed by atoms with Crippen molar-refractivity contribution in [1.29, 1.82) is 0 Å². The fraction of sp³-hybridized carbons (Fsp3) is 1.00. The van der Waals surface area contributed by atoms with Crippen LogP contribution in [0, 0.1) is 11.8 Å². The van der Waals surface area contributed by atoms with Crippen LogP contribution >= 0.6 is 0 Å². The van der Waals surface area contributed by atoms with E-state index in [0.29, 0.717) is 0 Å². The standard InChI is InChI=1S/C11H23NSi/c1-13(2,3)12-8-10-4-5-11(9-12)7-6-10/h10-11H,4-9H2,1-3H3. The van der Waals surface area contributed by atoms with E-state index in [-0.39, 0.29) is 0 Å². The van der Waals surface area contributed by atoms with E-state index in [9.17, 15) is 0 Å². The molecular weight excluding hydrogens is 174 g/mol. The average Bonchev–Trinajstić information content (AvgIpc) is 2.34. The maximum Gasteiger partial charge on any atom is 0.119 e. The fourth-order valence-corrected chi connectivity index (χ4v) is 4.45. The molecule has 0 radical (unpaired) electrons. The highest BCUT2D eigenvalue weighted by Crippen LogP contribution is 2.35. The molecule has 76 valence electrons. The monoisotopic (exact) mass is 197 g/mol. The highest BCUT2D eigenvalue weighted by Gasteiger charge is 2.34. The zero-order valence-electron chi connectivity index (χ0n) is 9.34. The van der Waals surface area contributed by atoms with E-state index in [1.54, 1.807) is 0 Å². The Labute approximate surface area is 83.6 Å². The minimum atomic E-state index is -0.999. The Morgan fingerprint density at radius 3 is 1.54 bits per heavy atom. The van der Waals surface area contributed by atoms with Gasteiger partial charge in [-0.25, -0.2) is 0 Å². The van der Waals surface area contributed by atoms with E-state index in [0.717, 1.165) is 11.8 Å². The van der Waals surface area contributed by atoms with Gasteiger partial charge in [0.05, 0.1) is 0 Å². The molecule has 1 aliphatic carbocycles. The predicted molar refractivity (Wildman–Crippen MR) is 60.4 cm³/mol. The second kappa shape index (κ2) is 3.39. The van der Waals surface area contributed by atoms with E-state index in [4.69, 9.17) is 0 Å². The Morgan fingerprint density at radius 1 is 0.846 bits per heavy atom. The van der Waals surface area contributed by atoms with Gasteiger partial charge in [0.25, 0.3) is 0 Å². The summed E-state index contributed by atoms with van der Waals surface area (Å²) in [7, 11) is -0.999. The zero-order valence-corrected chi connectivity index (χ0v) is 10.3. The lowest BCUT2D eigenvalue weighted by molar-refractivity contribution is 0.326. The summed E-state index contributed by atoms with van der Waals surface area (Å²) in [4.78, 5) is 0. The summed E-state index contributed by atoms with van der Waals surface area (Å²) in [6.07, 6.45) is 6.08. The Hall–Kier alpha value is 0.177. The van der Waals surface area contributed by atoms with E-state index >= 15 is 0 Å². The number of nitrogens with zero attached hydrogens (tertiary/aromatic N) is 1. The molecule has 13 heavy (non-hydrogen) atoms. The molecule has 3 aliphatic rings. The van der Waals surface area contributed by atoms with Crippen LogP contribution in [0.15, 0.2) is 0 Å². The largest absolute Gasteiger partial charge is 0.323 e. The van der Waals surface area contributed by atoms with Gasteiger partial charge in [0, 0.05) is 0 Å².